The molecule has 0 amide bonds. The van der Waals surface area contributed by atoms with E-state index in [0.29, 0.717) is 6.42 Å². The molecule has 0 atom stereocenters. The van der Waals surface area contributed by atoms with Gasteiger partial charge in [-0.25, -0.2) is 17.9 Å². The van der Waals surface area contributed by atoms with Gasteiger partial charge >= 0.3 is 5.97 Å². The van der Waals surface area contributed by atoms with Gasteiger partial charge in [0, 0.05) is 13.2 Å². The van der Waals surface area contributed by atoms with E-state index in [1.165, 1.54) is 0 Å². The topological polar surface area (TPSA) is 132 Å². The van der Waals surface area contributed by atoms with Gasteiger partial charge in [0.25, 0.3) is 10.0 Å². The number of aliphatic hydroxyl groups excluding tert-OH is 1. The molecule has 0 bridgehead atoms. The minimum absolute atomic E-state index is 0.00611. The molecular formula is C10H15N3O5S. The smallest absolute Gasteiger partial charge is 0.340 e. The van der Waals surface area contributed by atoms with Gasteiger partial charge in [0.15, 0.2) is 5.03 Å². The Hall–Kier alpha value is -1.45. The Bertz CT molecular complexity index is 576. The molecule has 0 radical (unpaired) electrons. The molecule has 4 N–H and O–H groups in total. The normalized spacial score (nSPS) is 17.3. The molecule has 19 heavy (non-hydrogen) atoms. The fraction of sp³-hybridized carbons (Fsp3) is 0.600. The van der Waals surface area contributed by atoms with E-state index in [1.807, 2.05) is 0 Å². The molecule has 8 nitrogen and oxygen atoms in total. The van der Waals surface area contributed by atoms with Crippen molar-refractivity contribution in [1.82, 2.24) is 14.9 Å². The number of hydrogen-bond donors (Lipinski definition) is 4. The first kappa shape index (κ1) is 14.0. The lowest BCUT2D eigenvalue weighted by Gasteiger charge is -2.14. The van der Waals surface area contributed by atoms with E-state index in [0.717, 1.165) is 19.0 Å². The summed E-state index contributed by atoms with van der Waals surface area (Å²) in [5.41, 5.74) is -0.579. The molecular weight excluding hydrogens is 274 g/mol. The van der Waals surface area contributed by atoms with Crippen molar-refractivity contribution >= 4 is 16.0 Å². The number of aromatic amines is 1. The largest absolute Gasteiger partial charge is 0.478 e. The molecule has 2 rings (SSSR count). The fourth-order valence-corrected chi connectivity index (χ4v) is 3.12. The number of aliphatic hydroxyl groups is 1. The molecule has 1 fully saturated rings. The summed E-state index contributed by atoms with van der Waals surface area (Å²) in [6.45, 7) is 0.195. The Morgan fingerprint density at radius 1 is 1.53 bits per heavy atom. The van der Waals surface area contributed by atoms with E-state index in [1.54, 1.807) is 0 Å². The third-order valence-electron chi connectivity index (χ3n) is 3.34. The van der Waals surface area contributed by atoms with Crippen LogP contribution in [0.5, 0.6) is 0 Å². The van der Waals surface area contributed by atoms with Crippen LogP contribution in [-0.2, 0) is 10.0 Å². The van der Waals surface area contributed by atoms with Crippen LogP contribution in [-0.4, -0.2) is 47.9 Å². The molecule has 1 aromatic rings. The maximum Gasteiger partial charge on any atom is 0.340 e. The Morgan fingerprint density at radius 3 is 2.74 bits per heavy atom. The Morgan fingerprint density at radius 2 is 2.21 bits per heavy atom. The van der Waals surface area contributed by atoms with Gasteiger partial charge in [0.05, 0.1) is 6.20 Å². The van der Waals surface area contributed by atoms with Crippen molar-refractivity contribution in [2.75, 3.05) is 13.2 Å². The van der Waals surface area contributed by atoms with Crippen LogP contribution in [0.3, 0.4) is 0 Å². The zero-order valence-electron chi connectivity index (χ0n) is 10.1. The van der Waals surface area contributed by atoms with E-state index >= 15 is 0 Å². The lowest BCUT2D eigenvalue weighted by atomic mass is 10.0. The van der Waals surface area contributed by atoms with Crippen molar-refractivity contribution in [3.8, 4) is 0 Å². The first-order chi connectivity index (χ1) is 8.90. The molecule has 106 valence electrons. The molecule has 1 heterocycles. The highest BCUT2D eigenvalue weighted by molar-refractivity contribution is 7.89. The molecule has 1 aromatic heterocycles. The summed E-state index contributed by atoms with van der Waals surface area (Å²) in [7, 11) is -3.93. The van der Waals surface area contributed by atoms with Crippen molar-refractivity contribution in [2.45, 2.75) is 24.3 Å². The summed E-state index contributed by atoms with van der Waals surface area (Å²) in [6.07, 6.45) is 3.19. The second kappa shape index (κ2) is 4.91. The molecule has 1 aliphatic carbocycles. The van der Waals surface area contributed by atoms with Crippen LogP contribution >= 0.6 is 0 Å². The first-order valence-corrected chi connectivity index (χ1v) is 7.26. The average Bonchev–Trinajstić information content (AvgIpc) is 2.92. The van der Waals surface area contributed by atoms with Gasteiger partial charge in [-0.15, -0.1) is 0 Å². The number of carboxylic acids is 1. The van der Waals surface area contributed by atoms with Crippen LogP contribution in [0.2, 0.25) is 0 Å². The zero-order chi connectivity index (χ0) is 14.1. The monoisotopic (exact) mass is 289 g/mol. The van der Waals surface area contributed by atoms with E-state index in [4.69, 9.17) is 10.2 Å². The molecule has 0 saturated heterocycles. The number of rotatable bonds is 7. The third kappa shape index (κ3) is 2.94. The second-order valence-corrected chi connectivity index (χ2v) is 6.42. The van der Waals surface area contributed by atoms with Crippen LogP contribution in [0.4, 0.5) is 0 Å². The van der Waals surface area contributed by atoms with Crippen LogP contribution in [0.15, 0.2) is 11.2 Å². The molecule has 1 saturated carbocycles. The maximum absolute atomic E-state index is 12.0. The maximum atomic E-state index is 12.0. The van der Waals surface area contributed by atoms with Gasteiger partial charge in [-0.05, 0) is 24.7 Å². The SMILES string of the molecule is O=C(O)c1cn[nH]c1S(=O)(=O)NCC1(CCO)CC1. The molecule has 9 heteroatoms. The molecule has 0 unspecified atom stereocenters. The standard InChI is InChI=1S/C10H15N3O5S/c14-4-3-10(1-2-10)6-12-19(17,18)8-7(9(15)16)5-11-13-8/h5,12,14H,1-4,6H2,(H,11,13)(H,15,16). The quantitative estimate of drug-likeness (QED) is 0.537. The fourth-order valence-electron chi connectivity index (χ4n) is 1.88. The van der Waals surface area contributed by atoms with Crippen molar-refractivity contribution < 1.29 is 23.4 Å². The minimum atomic E-state index is -3.93. The zero-order valence-corrected chi connectivity index (χ0v) is 10.9. The van der Waals surface area contributed by atoms with E-state index in [9.17, 15) is 13.2 Å². The van der Waals surface area contributed by atoms with Gasteiger partial charge in [0.2, 0.25) is 0 Å². The number of carboxylic acid groups (broad SMARTS) is 1. The van der Waals surface area contributed by atoms with Crippen molar-refractivity contribution in [2.24, 2.45) is 5.41 Å². The summed E-state index contributed by atoms with van der Waals surface area (Å²) in [5, 5.41) is 22.9. The summed E-state index contributed by atoms with van der Waals surface area (Å²) in [5.74, 6) is -1.36. The number of H-pyrrole nitrogens is 1. The van der Waals surface area contributed by atoms with Crippen LogP contribution < -0.4 is 4.72 Å². The van der Waals surface area contributed by atoms with Crippen molar-refractivity contribution in [3.05, 3.63) is 11.8 Å². The van der Waals surface area contributed by atoms with E-state index in [2.05, 4.69) is 14.9 Å². The molecule has 0 spiro atoms. The Kier molecular flexibility index (Phi) is 3.61. The second-order valence-electron chi connectivity index (χ2n) is 4.72. The number of nitrogens with one attached hydrogen (secondary N) is 2. The van der Waals surface area contributed by atoms with Gasteiger partial charge in [0.1, 0.15) is 5.56 Å². The number of hydrogen-bond acceptors (Lipinski definition) is 5. The van der Waals surface area contributed by atoms with Gasteiger partial charge < -0.3 is 10.2 Å². The third-order valence-corrected chi connectivity index (χ3v) is 4.71. The predicted molar refractivity (Wildman–Crippen MR) is 64.1 cm³/mol. The lowest BCUT2D eigenvalue weighted by Crippen LogP contribution is -2.32. The van der Waals surface area contributed by atoms with Crippen LogP contribution in [0, 0.1) is 5.41 Å². The number of nitrogens with zero attached hydrogens (tertiary/aromatic N) is 1. The van der Waals surface area contributed by atoms with E-state index < -0.39 is 21.0 Å². The lowest BCUT2D eigenvalue weighted by molar-refractivity contribution is 0.0692. The summed E-state index contributed by atoms with van der Waals surface area (Å²) < 4.78 is 26.3. The first-order valence-electron chi connectivity index (χ1n) is 5.77. The van der Waals surface area contributed by atoms with Gasteiger partial charge in [-0.2, -0.15) is 5.10 Å². The molecule has 0 aliphatic heterocycles. The Labute approximate surface area is 109 Å². The minimum Gasteiger partial charge on any atom is -0.478 e. The van der Waals surface area contributed by atoms with Crippen LogP contribution in [0.1, 0.15) is 29.6 Å². The number of aromatic nitrogens is 2. The predicted octanol–water partition coefficient (Wildman–Crippen LogP) is -0.451. The van der Waals surface area contributed by atoms with Gasteiger partial charge in [-0.1, -0.05) is 0 Å². The Balaban J connectivity index is 2.10. The average molecular weight is 289 g/mol. The van der Waals surface area contributed by atoms with Crippen molar-refractivity contribution in [3.63, 3.8) is 0 Å². The number of carbonyl (C=O) groups is 1. The molecule has 0 aromatic carbocycles. The van der Waals surface area contributed by atoms with E-state index in [-0.39, 0.29) is 24.1 Å². The highest BCUT2D eigenvalue weighted by Crippen LogP contribution is 2.48. The summed E-state index contributed by atoms with van der Waals surface area (Å²) in [6, 6.07) is 0. The highest BCUT2D eigenvalue weighted by atomic mass is 32.2. The van der Waals surface area contributed by atoms with Crippen molar-refractivity contribution in [1.29, 1.82) is 0 Å². The van der Waals surface area contributed by atoms with Gasteiger partial charge in [-0.3, -0.25) is 5.10 Å². The number of aromatic carboxylic acids is 1. The number of sulfonamides is 1. The summed E-state index contributed by atoms with van der Waals surface area (Å²) >= 11 is 0. The molecule has 1 aliphatic rings. The van der Waals surface area contributed by atoms with Crippen LogP contribution in [0.25, 0.3) is 0 Å². The summed E-state index contributed by atoms with van der Waals surface area (Å²) in [4.78, 5) is 10.9. The highest BCUT2D eigenvalue weighted by Gasteiger charge is 2.42.